The number of nitrogens with zero attached hydrogens (tertiary/aromatic N) is 6. The Labute approximate surface area is 191 Å². The first-order valence-electron chi connectivity index (χ1n) is 11.1. The second-order valence-electron chi connectivity index (χ2n) is 8.08. The molecular weight excluding hydrogens is 422 g/mol. The molecule has 3 aromatic rings. The molecule has 0 aliphatic carbocycles. The molecule has 2 saturated heterocycles. The van der Waals surface area contributed by atoms with Gasteiger partial charge in [-0.3, -0.25) is 14.6 Å². The molecule has 172 valence electrons. The van der Waals surface area contributed by atoms with E-state index in [-0.39, 0.29) is 5.91 Å². The van der Waals surface area contributed by atoms with Gasteiger partial charge in [-0.1, -0.05) is 29.8 Å². The molecule has 0 unspecified atom stereocenters. The van der Waals surface area contributed by atoms with Crippen LogP contribution in [0.3, 0.4) is 0 Å². The Balaban J connectivity index is 1.45. The number of rotatable bonds is 5. The first kappa shape index (κ1) is 21.4. The minimum atomic E-state index is -0.0955. The number of carbonyl (C=O) groups is 1. The van der Waals surface area contributed by atoms with Gasteiger partial charge in [0.15, 0.2) is 5.82 Å². The number of hydrazone groups is 1. The molecule has 0 saturated carbocycles. The van der Waals surface area contributed by atoms with Crippen LogP contribution >= 0.6 is 0 Å². The van der Waals surface area contributed by atoms with E-state index in [4.69, 9.17) is 14.5 Å². The van der Waals surface area contributed by atoms with Crippen molar-refractivity contribution in [2.75, 3.05) is 62.9 Å². The monoisotopic (exact) mass is 449 g/mol. The minimum Gasteiger partial charge on any atom is -0.378 e. The molecule has 0 radical (unpaired) electrons. The second kappa shape index (κ2) is 9.55. The van der Waals surface area contributed by atoms with E-state index in [0.29, 0.717) is 75.7 Å². The lowest BCUT2D eigenvalue weighted by Crippen LogP contribution is -2.40. The average Bonchev–Trinajstić information content (AvgIpc) is 3.28. The molecule has 1 amide bonds. The molecule has 4 heterocycles. The average molecular weight is 450 g/mol. The number of amides is 1. The standard InChI is InChI=1S/C23H27N7O3/c1-17-3-2-4-18(13-17)15-24-27-20-14-21-25-19(22(31)28-5-9-32-10-6-28)16-30(21)23(26-20)29-7-11-33-12-8-29/h2-4,13-16,27H,5-12H2,1H3/b24-15+. The third-order valence-corrected chi connectivity index (χ3v) is 5.68. The number of hydrogen-bond donors (Lipinski definition) is 1. The van der Waals surface area contributed by atoms with Gasteiger partial charge in [-0.15, -0.1) is 0 Å². The Bertz CT molecular complexity index is 1160. The van der Waals surface area contributed by atoms with Crippen LogP contribution in [0, 0.1) is 6.92 Å². The van der Waals surface area contributed by atoms with E-state index in [1.54, 1.807) is 23.4 Å². The number of hydrogen-bond acceptors (Lipinski definition) is 8. The summed E-state index contributed by atoms with van der Waals surface area (Å²) < 4.78 is 12.7. The van der Waals surface area contributed by atoms with Crippen LogP contribution in [0.1, 0.15) is 21.6 Å². The van der Waals surface area contributed by atoms with Crippen molar-refractivity contribution in [1.82, 2.24) is 19.3 Å². The fourth-order valence-corrected chi connectivity index (χ4v) is 3.97. The number of aromatic nitrogens is 3. The first-order chi connectivity index (χ1) is 16.2. The number of nitrogens with one attached hydrogen (secondary N) is 1. The van der Waals surface area contributed by atoms with E-state index < -0.39 is 0 Å². The van der Waals surface area contributed by atoms with Crippen molar-refractivity contribution in [1.29, 1.82) is 0 Å². The molecule has 2 aliphatic rings. The molecule has 1 aromatic carbocycles. The van der Waals surface area contributed by atoms with E-state index in [2.05, 4.69) is 26.5 Å². The van der Waals surface area contributed by atoms with Crippen molar-refractivity contribution in [3.8, 4) is 0 Å². The molecule has 10 nitrogen and oxygen atoms in total. The summed E-state index contributed by atoms with van der Waals surface area (Å²) in [6.07, 6.45) is 3.52. The number of imidazole rings is 1. The van der Waals surface area contributed by atoms with Gasteiger partial charge in [-0.05, 0) is 12.5 Å². The van der Waals surface area contributed by atoms with Gasteiger partial charge in [0.1, 0.15) is 11.3 Å². The summed E-state index contributed by atoms with van der Waals surface area (Å²) in [5.74, 6) is 1.17. The van der Waals surface area contributed by atoms with Crippen LogP contribution in [0.4, 0.5) is 11.8 Å². The molecule has 1 N–H and O–H groups in total. The highest BCUT2D eigenvalue weighted by Crippen LogP contribution is 2.21. The predicted octanol–water partition coefficient (Wildman–Crippen LogP) is 1.79. The lowest BCUT2D eigenvalue weighted by Gasteiger charge is -2.28. The zero-order valence-electron chi connectivity index (χ0n) is 18.6. The molecule has 0 atom stereocenters. The van der Waals surface area contributed by atoms with Crippen LogP contribution in [0.25, 0.3) is 5.65 Å². The lowest BCUT2D eigenvalue weighted by molar-refractivity contribution is 0.0299. The molecule has 5 rings (SSSR count). The number of ether oxygens (including phenoxy) is 2. The van der Waals surface area contributed by atoms with Gasteiger partial charge >= 0.3 is 0 Å². The Morgan fingerprint density at radius 2 is 1.82 bits per heavy atom. The van der Waals surface area contributed by atoms with Crippen molar-refractivity contribution >= 4 is 29.5 Å². The fourth-order valence-electron chi connectivity index (χ4n) is 3.97. The van der Waals surface area contributed by atoms with Gasteiger partial charge in [0.05, 0.1) is 32.6 Å². The largest absolute Gasteiger partial charge is 0.378 e. The van der Waals surface area contributed by atoms with Crippen molar-refractivity contribution in [2.45, 2.75) is 6.92 Å². The molecular formula is C23H27N7O3. The van der Waals surface area contributed by atoms with Gasteiger partial charge in [0.25, 0.3) is 5.91 Å². The van der Waals surface area contributed by atoms with E-state index in [1.807, 2.05) is 29.5 Å². The summed E-state index contributed by atoms with van der Waals surface area (Å²) in [6.45, 7) is 6.96. The minimum absolute atomic E-state index is 0.0955. The topological polar surface area (TPSA) is 96.6 Å². The second-order valence-corrected chi connectivity index (χ2v) is 8.08. The zero-order chi connectivity index (χ0) is 22.6. The smallest absolute Gasteiger partial charge is 0.274 e. The summed E-state index contributed by atoms with van der Waals surface area (Å²) in [6, 6.07) is 9.89. The van der Waals surface area contributed by atoms with Crippen LogP contribution in [-0.2, 0) is 9.47 Å². The summed E-state index contributed by atoms with van der Waals surface area (Å²) in [5, 5.41) is 4.35. The third kappa shape index (κ3) is 4.81. The van der Waals surface area contributed by atoms with Crippen molar-refractivity contribution in [2.24, 2.45) is 5.10 Å². The van der Waals surface area contributed by atoms with E-state index in [9.17, 15) is 4.79 Å². The number of fused-ring (bicyclic) bond motifs is 1. The van der Waals surface area contributed by atoms with Crippen LogP contribution in [0.15, 0.2) is 41.6 Å². The van der Waals surface area contributed by atoms with Crippen LogP contribution in [0.5, 0.6) is 0 Å². The highest BCUT2D eigenvalue weighted by molar-refractivity contribution is 5.93. The molecule has 33 heavy (non-hydrogen) atoms. The van der Waals surface area contributed by atoms with Gasteiger partial charge in [-0.2, -0.15) is 10.1 Å². The highest BCUT2D eigenvalue weighted by atomic mass is 16.5. The van der Waals surface area contributed by atoms with Crippen molar-refractivity contribution in [3.63, 3.8) is 0 Å². The molecule has 2 aromatic heterocycles. The first-order valence-corrected chi connectivity index (χ1v) is 11.1. The number of morpholine rings is 2. The Morgan fingerprint density at radius 3 is 2.58 bits per heavy atom. The molecule has 2 aliphatic heterocycles. The van der Waals surface area contributed by atoms with Gasteiger partial charge in [0.2, 0.25) is 5.95 Å². The molecule has 2 fully saturated rings. The quantitative estimate of drug-likeness (QED) is 0.469. The van der Waals surface area contributed by atoms with E-state index in [1.165, 1.54) is 5.56 Å². The van der Waals surface area contributed by atoms with Crippen LogP contribution < -0.4 is 10.3 Å². The predicted molar refractivity (Wildman–Crippen MR) is 125 cm³/mol. The van der Waals surface area contributed by atoms with Crippen molar-refractivity contribution in [3.05, 3.63) is 53.3 Å². The van der Waals surface area contributed by atoms with E-state index >= 15 is 0 Å². The zero-order valence-corrected chi connectivity index (χ0v) is 18.6. The summed E-state index contributed by atoms with van der Waals surface area (Å²) in [4.78, 5) is 26.3. The van der Waals surface area contributed by atoms with Gasteiger partial charge < -0.3 is 19.3 Å². The SMILES string of the molecule is Cc1cccc(/C=N/Nc2cc3nc(C(=O)N4CCOCC4)cn3c(N3CCOCC3)n2)c1. The number of carbonyl (C=O) groups excluding carboxylic acids is 1. The third-order valence-electron chi connectivity index (χ3n) is 5.68. The van der Waals surface area contributed by atoms with E-state index in [0.717, 1.165) is 5.56 Å². The maximum Gasteiger partial charge on any atom is 0.274 e. The van der Waals surface area contributed by atoms with Crippen LogP contribution in [0.2, 0.25) is 0 Å². The summed E-state index contributed by atoms with van der Waals surface area (Å²) >= 11 is 0. The summed E-state index contributed by atoms with van der Waals surface area (Å²) in [5.41, 5.74) is 6.22. The van der Waals surface area contributed by atoms with Crippen LogP contribution in [-0.4, -0.2) is 84.0 Å². The summed E-state index contributed by atoms with van der Waals surface area (Å²) in [7, 11) is 0. The maximum absolute atomic E-state index is 13.0. The normalized spacial score (nSPS) is 17.1. The number of anilines is 2. The molecule has 10 heteroatoms. The Morgan fingerprint density at radius 1 is 1.06 bits per heavy atom. The number of benzene rings is 1. The molecule has 0 bridgehead atoms. The van der Waals surface area contributed by atoms with Gasteiger partial charge in [-0.25, -0.2) is 4.98 Å². The Hall–Kier alpha value is -3.50. The fraction of sp³-hybridized carbons (Fsp3) is 0.391. The number of aryl methyl sites for hydroxylation is 1. The van der Waals surface area contributed by atoms with Crippen molar-refractivity contribution < 1.29 is 14.3 Å². The Kier molecular flexibility index (Phi) is 6.18. The van der Waals surface area contributed by atoms with Gasteiger partial charge in [0, 0.05) is 38.4 Å². The maximum atomic E-state index is 13.0. The lowest BCUT2D eigenvalue weighted by atomic mass is 10.2. The molecule has 0 spiro atoms. The highest BCUT2D eigenvalue weighted by Gasteiger charge is 2.24.